The van der Waals surface area contributed by atoms with E-state index in [2.05, 4.69) is 6.58 Å². The third kappa shape index (κ3) is 1.61. The van der Waals surface area contributed by atoms with Crippen LogP contribution in [0.1, 0.15) is 5.56 Å². The number of hydrogen-bond donors (Lipinski definition) is 0. The van der Waals surface area contributed by atoms with Gasteiger partial charge in [-0.3, -0.25) is 4.79 Å². The molecule has 0 atom stereocenters. The minimum atomic E-state index is -0.117. The van der Waals surface area contributed by atoms with Crippen LogP contribution in [0.15, 0.2) is 35.8 Å². The first-order chi connectivity index (χ1) is 5.77. The van der Waals surface area contributed by atoms with Crippen LogP contribution < -0.4 is 5.56 Å². The van der Waals surface area contributed by atoms with Crippen LogP contribution in [0.25, 0.3) is 0 Å². The van der Waals surface area contributed by atoms with E-state index in [0.29, 0.717) is 12.1 Å². The van der Waals surface area contributed by atoms with Crippen molar-refractivity contribution in [3.63, 3.8) is 0 Å². The third-order valence-corrected chi connectivity index (χ3v) is 1.44. The molecule has 0 saturated heterocycles. The molecule has 0 unspecified atom stereocenters. The predicted octanol–water partition coefficient (Wildman–Crippen LogP) is 0.906. The molecule has 1 heterocycles. The first kappa shape index (κ1) is 8.28. The molecule has 12 heavy (non-hydrogen) atoms. The van der Waals surface area contributed by atoms with Gasteiger partial charge in [-0.15, -0.1) is 6.58 Å². The quantitative estimate of drug-likeness (QED) is 0.603. The molecule has 0 bridgehead atoms. The van der Waals surface area contributed by atoms with Gasteiger partial charge in [0, 0.05) is 18.8 Å². The molecule has 0 N–H and O–H groups in total. The molecule has 0 saturated carbocycles. The zero-order valence-electron chi connectivity index (χ0n) is 6.53. The van der Waals surface area contributed by atoms with Gasteiger partial charge in [-0.2, -0.15) is 5.26 Å². The summed E-state index contributed by atoms with van der Waals surface area (Å²) in [5.74, 6) is 0. The average molecular weight is 160 g/mol. The fourth-order valence-electron chi connectivity index (χ4n) is 0.879. The summed E-state index contributed by atoms with van der Waals surface area (Å²) in [6, 6.07) is 4.84. The molecule has 1 rings (SSSR count). The zero-order chi connectivity index (χ0) is 8.97. The molecule has 1 aromatic rings. The highest BCUT2D eigenvalue weighted by Crippen LogP contribution is 1.92. The van der Waals surface area contributed by atoms with Gasteiger partial charge >= 0.3 is 0 Å². The topological polar surface area (TPSA) is 45.8 Å². The van der Waals surface area contributed by atoms with E-state index >= 15 is 0 Å². The lowest BCUT2D eigenvalue weighted by Gasteiger charge is -1.99. The van der Waals surface area contributed by atoms with E-state index in [1.807, 2.05) is 6.07 Å². The lowest BCUT2D eigenvalue weighted by molar-refractivity contribution is 0.778. The van der Waals surface area contributed by atoms with Crippen molar-refractivity contribution in [1.82, 2.24) is 4.57 Å². The van der Waals surface area contributed by atoms with Crippen LogP contribution in [-0.2, 0) is 6.54 Å². The van der Waals surface area contributed by atoms with E-state index in [9.17, 15) is 4.79 Å². The number of pyridine rings is 1. The Hall–Kier alpha value is -1.82. The molecule has 0 fully saturated rings. The Morgan fingerprint density at radius 2 is 2.42 bits per heavy atom. The smallest absolute Gasteiger partial charge is 0.250 e. The Bertz CT molecular complexity index is 384. The van der Waals surface area contributed by atoms with Crippen LogP contribution in [0, 0.1) is 11.3 Å². The lowest BCUT2D eigenvalue weighted by Crippen LogP contribution is -2.17. The summed E-state index contributed by atoms with van der Waals surface area (Å²) in [7, 11) is 0. The molecule has 1 aromatic heterocycles. The molecular formula is C9H8N2O. The summed E-state index contributed by atoms with van der Waals surface area (Å²) in [4.78, 5) is 11.1. The maximum atomic E-state index is 11.1. The van der Waals surface area contributed by atoms with Crippen molar-refractivity contribution < 1.29 is 0 Å². The number of nitrogens with zero attached hydrogens (tertiary/aromatic N) is 2. The largest absolute Gasteiger partial charge is 0.310 e. The second-order valence-electron chi connectivity index (χ2n) is 2.31. The molecule has 3 heteroatoms. The first-order valence-electron chi connectivity index (χ1n) is 3.49. The van der Waals surface area contributed by atoms with Gasteiger partial charge < -0.3 is 4.57 Å². The summed E-state index contributed by atoms with van der Waals surface area (Å²) < 4.78 is 1.44. The van der Waals surface area contributed by atoms with Crippen molar-refractivity contribution in [3.05, 3.63) is 46.9 Å². The minimum absolute atomic E-state index is 0.117. The molecule has 3 nitrogen and oxygen atoms in total. The fraction of sp³-hybridized carbons (Fsp3) is 0.111. The van der Waals surface area contributed by atoms with Crippen LogP contribution in [0.4, 0.5) is 0 Å². The Morgan fingerprint density at radius 1 is 1.67 bits per heavy atom. The summed E-state index contributed by atoms with van der Waals surface area (Å²) in [5.41, 5.74) is 0.366. The van der Waals surface area contributed by atoms with Gasteiger partial charge in [0.05, 0.1) is 5.56 Å². The highest BCUT2D eigenvalue weighted by Gasteiger charge is 1.94. The Labute approximate surface area is 70.2 Å². The number of allylic oxidation sites excluding steroid dienone is 1. The SMILES string of the molecule is C=CCn1cc(C#N)ccc1=O. The van der Waals surface area contributed by atoms with Crippen LogP contribution in [0.2, 0.25) is 0 Å². The molecule has 0 spiro atoms. The number of rotatable bonds is 2. The van der Waals surface area contributed by atoms with Gasteiger partial charge in [-0.1, -0.05) is 6.08 Å². The highest BCUT2D eigenvalue weighted by molar-refractivity contribution is 5.24. The van der Waals surface area contributed by atoms with Crippen molar-refractivity contribution in [1.29, 1.82) is 5.26 Å². The van der Waals surface area contributed by atoms with E-state index in [1.54, 1.807) is 6.08 Å². The molecule has 0 aromatic carbocycles. The fourth-order valence-corrected chi connectivity index (χ4v) is 0.879. The van der Waals surface area contributed by atoms with Crippen LogP contribution >= 0.6 is 0 Å². The third-order valence-electron chi connectivity index (χ3n) is 1.44. The van der Waals surface area contributed by atoms with E-state index in [1.165, 1.54) is 22.9 Å². The number of hydrogen-bond acceptors (Lipinski definition) is 2. The molecule has 0 aliphatic carbocycles. The minimum Gasteiger partial charge on any atom is -0.310 e. The predicted molar refractivity (Wildman–Crippen MR) is 45.6 cm³/mol. The highest BCUT2D eigenvalue weighted by atomic mass is 16.1. The molecule has 0 amide bonds. The van der Waals surface area contributed by atoms with E-state index in [-0.39, 0.29) is 5.56 Å². The van der Waals surface area contributed by atoms with Gasteiger partial charge in [0.2, 0.25) is 0 Å². The van der Waals surface area contributed by atoms with E-state index in [4.69, 9.17) is 5.26 Å². The van der Waals surface area contributed by atoms with Gasteiger partial charge in [-0.05, 0) is 6.07 Å². The standard InChI is InChI=1S/C9H8N2O/c1-2-5-11-7-8(6-10)3-4-9(11)12/h2-4,7H,1,5H2. The molecular weight excluding hydrogens is 152 g/mol. The Morgan fingerprint density at radius 3 is 3.00 bits per heavy atom. The second-order valence-corrected chi connectivity index (χ2v) is 2.31. The van der Waals surface area contributed by atoms with Gasteiger partial charge in [0.1, 0.15) is 6.07 Å². The molecule has 0 aliphatic heterocycles. The van der Waals surface area contributed by atoms with Crippen LogP contribution in [0.5, 0.6) is 0 Å². The van der Waals surface area contributed by atoms with Crippen molar-refractivity contribution in [3.8, 4) is 6.07 Å². The number of nitriles is 1. The van der Waals surface area contributed by atoms with Crippen molar-refractivity contribution >= 4 is 0 Å². The van der Waals surface area contributed by atoms with Crippen LogP contribution in [0.3, 0.4) is 0 Å². The van der Waals surface area contributed by atoms with Gasteiger partial charge in [-0.25, -0.2) is 0 Å². The van der Waals surface area contributed by atoms with Gasteiger partial charge in [0.15, 0.2) is 0 Å². The van der Waals surface area contributed by atoms with Crippen molar-refractivity contribution in [2.45, 2.75) is 6.54 Å². The van der Waals surface area contributed by atoms with Crippen molar-refractivity contribution in [2.24, 2.45) is 0 Å². The Kier molecular flexibility index (Phi) is 2.44. The van der Waals surface area contributed by atoms with E-state index < -0.39 is 0 Å². The second kappa shape index (κ2) is 3.54. The maximum absolute atomic E-state index is 11.1. The van der Waals surface area contributed by atoms with Crippen molar-refractivity contribution in [2.75, 3.05) is 0 Å². The average Bonchev–Trinajstić information content (AvgIpc) is 2.09. The molecule has 0 radical (unpaired) electrons. The lowest BCUT2D eigenvalue weighted by atomic mass is 10.3. The first-order valence-corrected chi connectivity index (χ1v) is 3.49. The summed E-state index contributed by atoms with van der Waals surface area (Å²) in [6.45, 7) is 3.95. The van der Waals surface area contributed by atoms with E-state index in [0.717, 1.165) is 0 Å². The molecule has 0 aliphatic rings. The maximum Gasteiger partial charge on any atom is 0.250 e. The monoisotopic (exact) mass is 160 g/mol. The molecule has 60 valence electrons. The normalized spacial score (nSPS) is 8.92. The number of aromatic nitrogens is 1. The van der Waals surface area contributed by atoms with Gasteiger partial charge in [0.25, 0.3) is 5.56 Å². The zero-order valence-corrected chi connectivity index (χ0v) is 6.53. The van der Waals surface area contributed by atoms with Crippen LogP contribution in [-0.4, -0.2) is 4.57 Å². The summed E-state index contributed by atoms with van der Waals surface area (Å²) >= 11 is 0. The summed E-state index contributed by atoms with van der Waals surface area (Å²) in [6.07, 6.45) is 3.13. The Balaban J connectivity index is 3.18. The summed E-state index contributed by atoms with van der Waals surface area (Å²) in [5, 5.41) is 8.53.